The fourth-order valence-electron chi connectivity index (χ4n) is 1.59. The summed E-state index contributed by atoms with van der Waals surface area (Å²) in [7, 11) is 0. The molecule has 0 aliphatic carbocycles. The van der Waals surface area contributed by atoms with Gasteiger partial charge < -0.3 is 5.11 Å². The number of aliphatic carboxylic acids is 1. The van der Waals surface area contributed by atoms with Gasteiger partial charge in [0.2, 0.25) is 0 Å². The Bertz CT molecular complexity index is 138. The van der Waals surface area contributed by atoms with Gasteiger partial charge in [0.1, 0.15) is 0 Å². The zero-order valence-electron chi connectivity index (χ0n) is 10.1. The Balaban J connectivity index is 0. The molecular weight excluding hydrogens is 216 g/mol. The van der Waals surface area contributed by atoms with E-state index < -0.39 is 5.97 Å². The molecule has 0 fully saturated rings. The molecule has 0 aliphatic heterocycles. The molecule has 0 rings (SSSR count). The van der Waals surface area contributed by atoms with Crippen molar-refractivity contribution < 1.29 is 9.90 Å². The molecule has 2 radical (unpaired) electrons. The van der Waals surface area contributed by atoms with E-state index in [0.29, 0.717) is 6.42 Å². The van der Waals surface area contributed by atoms with Crippen molar-refractivity contribution in [1.82, 2.24) is 0 Å². The molecule has 3 heteroatoms. The zero-order valence-corrected chi connectivity index (χ0v) is 12.3. The van der Waals surface area contributed by atoms with Crippen LogP contribution in [0.4, 0.5) is 0 Å². The summed E-state index contributed by atoms with van der Waals surface area (Å²) in [4.78, 5) is 10.2. The average Bonchev–Trinajstić information content (AvgIpc) is 2.15. The molecule has 2 nitrogen and oxygen atoms in total. The molecule has 0 atom stereocenters. The molecule has 0 aromatic rings. The van der Waals surface area contributed by atoms with Crippen LogP contribution in [-0.4, -0.2) is 48.8 Å². The van der Waals surface area contributed by atoms with Gasteiger partial charge in [0.05, 0.1) is 0 Å². The standard InChI is InChI=1S/C12H24O2.Ca/c1-2-3-4-5-6-7-8-9-10-11-12(13)14;/h2-11H2,1H3,(H,13,14);. The van der Waals surface area contributed by atoms with Crippen molar-refractivity contribution in [3.63, 3.8) is 0 Å². The zero-order chi connectivity index (χ0) is 10.6. The number of unbranched alkanes of at least 4 members (excludes halogenated alkanes) is 8. The van der Waals surface area contributed by atoms with E-state index in [9.17, 15) is 4.79 Å². The Labute approximate surface area is 124 Å². The van der Waals surface area contributed by atoms with Crippen molar-refractivity contribution in [1.29, 1.82) is 0 Å². The number of hydrogen-bond acceptors (Lipinski definition) is 1. The van der Waals surface area contributed by atoms with Crippen LogP contribution in [0, 0.1) is 0 Å². The molecule has 1 N–H and O–H groups in total. The van der Waals surface area contributed by atoms with Gasteiger partial charge in [-0.3, -0.25) is 4.79 Å². The van der Waals surface area contributed by atoms with Gasteiger partial charge in [-0.1, -0.05) is 58.3 Å². The van der Waals surface area contributed by atoms with Gasteiger partial charge in [-0.15, -0.1) is 0 Å². The van der Waals surface area contributed by atoms with E-state index in [4.69, 9.17) is 5.11 Å². The van der Waals surface area contributed by atoms with Gasteiger partial charge in [-0.05, 0) is 6.42 Å². The van der Waals surface area contributed by atoms with E-state index in [1.54, 1.807) is 0 Å². The summed E-state index contributed by atoms with van der Waals surface area (Å²) in [6, 6.07) is 0. The first-order chi connectivity index (χ1) is 6.77. The average molecular weight is 240 g/mol. The van der Waals surface area contributed by atoms with Crippen LogP contribution in [-0.2, 0) is 4.79 Å². The molecule has 0 aromatic carbocycles. The number of carbonyl (C=O) groups is 1. The maximum Gasteiger partial charge on any atom is 0.303 e. The van der Waals surface area contributed by atoms with Crippen LogP contribution < -0.4 is 0 Å². The first kappa shape index (κ1) is 18.1. The Morgan fingerprint density at radius 3 is 1.67 bits per heavy atom. The van der Waals surface area contributed by atoms with Crippen molar-refractivity contribution in [2.45, 2.75) is 71.1 Å². The molecule has 15 heavy (non-hydrogen) atoms. The molecule has 0 aromatic heterocycles. The molecule has 0 amide bonds. The summed E-state index contributed by atoms with van der Waals surface area (Å²) in [6.07, 6.45) is 11.5. The van der Waals surface area contributed by atoms with Gasteiger partial charge >= 0.3 is 5.97 Å². The van der Waals surface area contributed by atoms with Crippen LogP contribution >= 0.6 is 0 Å². The van der Waals surface area contributed by atoms with Gasteiger partial charge in [0, 0.05) is 44.2 Å². The van der Waals surface area contributed by atoms with Gasteiger partial charge in [-0.2, -0.15) is 0 Å². The van der Waals surface area contributed by atoms with Crippen LogP contribution in [0.3, 0.4) is 0 Å². The third-order valence-electron chi connectivity index (χ3n) is 2.49. The molecule has 0 aliphatic rings. The molecule has 0 spiro atoms. The third-order valence-corrected chi connectivity index (χ3v) is 2.49. The Hall–Kier alpha value is 0.730. The summed E-state index contributed by atoms with van der Waals surface area (Å²) >= 11 is 0. The predicted octanol–water partition coefficient (Wildman–Crippen LogP) is 3.61. The minimum Gasteiger partial charge on any atom is -0.481 e. The minimum atomic E-state index is -0.659. The van der Waals surface area contributed by atoms with E-state index in [1.807, 2.05) is 0 Å². The van der Waals surface area contributed by atoms with Crippen LogP contribution in [0.1, 0.15) is 71.1 Å². The third kappa shape index (κ3) is 17.3. The molecule has 0 heterocycles. The summed E-state index contributed by atoms with van der Waals surface area (Å²) in [6.45, 7) is 2.23. The van der Waals surface area contributed by atoms with E-state index in [2.05, 4.69) is 6.92 Å². The second-order valence-corrected chi connectivity index (χ2v) is 3.97. The van der Waals surface area contributed by atoms with Crippen molar-refractivity contribution >= 4 is 43.7 Å². The van der Waals surface area contributed by atoms with Crippen molar-refractivity contribution in [3.05, 3.63) is 0 Å². The maximum absolute atomic E-state index is 10.2. The van der Waals surface area contributed by atoms with Crippen molar-refractivity contribution in [3.8, 4) is 0 Å². The quantitative estimate of drug-likeness (QED) is 0.468. The predicted molar refractivity (Wildman–Crippen MR) is 65.2 cm³/mol. The second kappa shape index (κ2) is 14.7. The monoisotopic (exact) mass is 240 g/mol. The normalized spacial score (nSPS) is 9.67. The molecule has 86 valence electrons. The van der Waals surface area contributed by atoms with Gasteiger partial charge in [-0.25, -0.2) is 0 Å². The molecule has 0 bridgehead atoms. The van der Waals surface area contributed by atoms with Crippen LogP contribution in [0.15, 0.2) is 0 Å². The fourth-order valence-corrected chi connectivity index (χ4v) is 1.59. The van der Waals surface area contributed by atoms with Gasteiger partial charge in [0.25, 0.3) is 0 Å². The second-order valence-electron chi connectivity index (χ2n) is 3.97. The Morgan fingerprint density at radius 1 is 0.867 bits per heavy atom. The van der Waals surface area contributed by atoms with Crippen LogP contribution in [0.25, 0.3) is 0 Å². The largest absolute Gasteiger partial charge is 0.481 e. The first-order valence-electron chi connectivity index (χ1n) is 5.99. The molecular formula is C12H24CaO2. The summed E-state index contributed by atoms with van der Waals surface area (Å²) in [5.74, 6) is -0.659. The smallest absolute Gasteiger partial charge is 0.303 e. The van der Waals surface area contributed by atoms with Crippen molar-refractivity contribution in [2.75, 3.05) is 0 Å². The summed E-state index contributed by atoms with van der Waals surface area (Å²) < 4.78 is 0. The molecule has 0 saturated carbocycles. The Morgan fingerprint density at radius 2 is 1.27 bits per heavy atom. The van der Waals surface area contributed by atoms with E-state index in [0.717, 1.165) is 12.8 Å². The summed E-state index contributed by atoms with van der Waals surface area (Å²) in [5, 5.41) is 8.41. The first-order valence-corrected chi connectivity index (χ1v) is 5.99. The van der Waals surface area contributed by atoms with Crippen molar-refractivity contribution in [2.24, 2.45) is 0 Å². The van der Waals surface area contributed by atoms with E-state index in [-0.39, 0.29) is 37.7 Å². The maximum atomic E-state index is 10.2. The van der Waals surface area contributed by atoms with Gasteiger partial charge in [0.15, 0.2) is 0 Å². The topological polar surface area (TPSA) is 37.3 Å². The number of hydrogen-bond donors (Lipinski definition) is 1. The van der Waals surface area contributed by atoms with Crippen LogP contribution in [0.5, 0.6) is 0 Å². The number of rotatable bonds is 10. The SMILES string of the molecule is CCCCCCCCCCCC(=O)O.[Ca]. The minimum absolute atomic E-state index is 0. The van der Waals surface area contributed by atoms with E-state index >= 15 is 0 Å². The Kier molecular flexibility index (Phi) is 17.8. The number of carboxylic acids is 1. The summed E-state index contributed by atoms with van der Waals surface area (Å²) in [5.41, 5.74) is 0. The van der Waals surface area contributed by atoms with E-state index in [1.165, 1.54) is 44.9 Å². The van der Waals surface area contributed by atoms with Crippen LogP contribution in [0.2, 0.25) is 0 Å². The number of carboxylic acid groups (broad SMARTS) is 1. The molecule has 0 unspecified atom stereocenters. The molecule has 0 saturated heterocycles. The fraction of sp³-hybridized carbons (Fsp3) is 0.917.